The van der Waals surface area contributed by atoms with E-state index in [4.69, 9.17) is 0 Å². The number of Topliss-reactive ketones (excluding diaryl/α,β-unsaturated/α-hetero) is 1. The molecule has 0 saturated heterocycles. The Labute approximate surface area is 73.3 Å². The van der Waals surface area contributed by atoms with Crippen LogP contribution in [0.15, 0.2) is 0 Å². The Morgan fingerprint density at radius 3 is 2.50 bits per heavy atom. The normalized spacial score (nSPS) is 19.0. The molecule has 1 fully saturated rings. The summed E-state index contributed by atoms with van der Waals surface area (Å²) in [7, 11) is 0. The van der Waals surface area contributed by atoms with Gasteiger partial charge in [-0.05, 0) is 12.8 Å². The number of ketones is 1. The van der Waals surface area contributed by atoms with E-state index in [-0.39, 0.29) is 5.92 Å². The molecule has 0 bridgehead atoms. The van der Waals surface area contributed by atoms with Gasteiger partial charge in [0.15, 0.2) is 0 Å². The van der Waals surface area contributed by atoms with E-state index in [2.05, 4.69) is 0 Å². The van der Waals surface area contributed by atoms with Crippen molar-refractivity contribution in [3.63, 3.8) is 0 Å². The molecule has 0 aromatic carbocycles. The van der Waals surface area contributed by atoms with Gasteiger partial charge >= 0.3 is 0 Å². The quantitative estimate of drug-likeness (QED) is 0.602. The molecule has 0 spiro atoms. The fourth-order valence-electron chi connectivity index (χ4n) is 1.83. The summed E-state index contributed by atoms with van der Waals surface area (Å²) in [6, 6.07) is 0. The van der Waals surface area contributed by atoms with Gasteiger partial charge < -0.3 is 4.79 Å². The second kappa shape index (κ2) is 5.07. The van der Waals surface area contributed by atoms with Crippen LogP contribution in [0.3, 0.4) is 0 Å². The van der Waals surface area contributed by atoms with Crippen molar-refractivity contribution in [2.24, 2.45) is 5.92 Å². The molecule has 2 heteroatoms. The number of hydrogen-bond donors (Lipinski definition) is 0. The fraction of sp³-hybridized carbons (Fsp3) is 0.800. The Bertz CT molecular complexity index is 157. The summed E-state index contributed by atoms with van der Waals surface area (Å²) in [6.45, 7) is 0. The summed E-state index contributed by atoms with van der Waals surface area (Å²) >= 11 is 0. The van der Waals surface area contributed by atoms with Crippen molar-refractivity contribution >= 4 is 12.1 Å². The highest BCUT2D eigenvalue weighted by atomic mass is 16.1. The van der Waals surface area contributed by atoms with Crippen LogP contribution in [-0.2, 0) is 9.59 Å². The largest absolute Gasteiger partial charge is 0.303 e. The molecule has 0 amide bonds. The third-order valence-corrected chi connectivity index (χ3v) is 2.57. The molecule has 0 aromatic heterocycles. The molecule has 0 N–H and O–H groups in total. The molecular weight excluding hydrogens is 152 g/mol. The van der Waals surface area contributed by atoms with E-state index in [0.717, 1.165) is 19.1 Å². The van der Waals surface area contributed by atoms with Gasteiger partial charge in [-0.15, -0.1) is 0 Å². The standard InChI is InChI=1S/C10H16O2/c11-8-4-7-10(12)9-5-2-1-3-6-9/h8-9H,1-7H2. The Morgan fingerprint density at radius 2 is 1.92 bits per heavy atom. The van der Waals surface area contributed by atoms with E-state index < -0.39 is 0 Å². The van der Waals surface area contributed by atoms with E-state index in [0.29, 0.717) is 18.6 Å². The minimum Gasteiger partial charge on any atom is -0.303 e. The fourth-order valence-corrected chi connectivity index (χ4v) is 1.83. The third-order valence-electron chi connectivity index (χ3n) is 2.57. The van der Waals surface area contributed by atoms with Crippen molar-refractivity contribution in [3.05, 3.63) is 0 Å². The molecule has 1 aliphatic carbocycles. The van der Waals surface area contributed by atoms with E-state index in [9.17, 15) is 9.59 Å². The average Bonchev–Trinajstić information content (AvgIpc) is 2.15. The highest BCUT2D eigenvalue weighted by molar-refractivity contribution is 5.82. The average molecular weight is 168 g/mol. The lowest BCUT2D eigenvalue weighted by Crippen LogP contribution is -2.17. The third kappa shape index (κ3) is 2.76. The van der Waals surface area contributed by atoms with Gasteiger partial charge in [-0.1, -0.05) is 19.3 Å². The molecule has 0 heterocycles. The van der Waals surface area contributed by atoms with Gasteiger partial charge in [0, 0.05) is 18.8 Å². The number of carbonyl (C=O) groups is 2. The molecule has 2 nitrogen and oxygen atoms in total. The molecule has 1 saturated carbocycles. The molecule has 1 rings (SSSR count). The monoisotopic (exact) mass is 168 g/mol. The predicted octanol–water partition coefficient (Wildman–Crippen LogP) is 2.11. The second-order valence-electron chi connectivity index (χ2n) is 3.51. The molecule has 68 valence electrons. The van der Waals surface area contributed by atoms with Gasteiger partial charge in [0.25, 0.3) is 0 Å². The van der Waals surface area contributed by atoms with Crippen molar-refractivity contribution in [2.45, 2.75) is 44.9 Å². The van der Waals surface area contributed by atoms with Crippen molar-refractivity contribution in [3.8, 4) is 0 Å². The van der Waals surface area contributed by atoms with Crippen LogP contribution in [0.2, 0.25) is 0 Å². The van der Waals surface area contributed by atoms with Gasteiger partial charge in [0.1, 0.15) is 12.1 Å². The number of rotatable bonds is 4. The zero-order valence-electron chi connectivity index (χ0n) is 7.42. The Kier molecular flexibility index (Phi) is 3.98. The zero-order valence-corrected chi connectivity index (χ0v) is 7.42. The van der Waals surface area contributed by atoms with Gasteiger partial charge in [0.05, 0.1) is 0 Å². The SMILES string of the molecule is O=CCCC(=O)C1CCCCC1. The molecular formula is C10H16O2. The van der Waals surface area contributed by atoms with Crippen molar-refractivity contribution in [1.29, 1.82) is 0 Å². The number of carbonyl (C=O) groups excluding carboxylic acids is 2. The molecule has 0 atom stereocenters. The first-order chi connectivity index (χ1) is 5.84. The van der Waals surface area contributed by atoms with Gasteiger partial charge in [-0.2, -0.15) is 0 Å². The van der Waals surface area contributed by atoms with Crippen LogP contribution < -0.4 is 0 Å². The van der Waals surface area contributed by atoms with E-state index in [1.165, 1.54) is 19.3 Å². The van der Waals surface area contributed by atoms with Gasteiger partial charge in [0.2, 0.25) is 0 Å². The highest BCUT2D eigenvalue weighted by Crippen LogP contribution is 2.25. The summed E-state index contributed by atoms with van der Waals surface area (Å²) < 4.78 is 0. The smallest absolute Gasteiger partial charge is 0.136 e. The van der Waals surface area contributed by atoms with E-state index in [1.54, 1.807) is 0 Å². The Hall–Kier alpha value is -0.660. The lowest BCUT2D eigenvalue weighted by atomic mass is 9.85. The van der Waals surface area contributed by atoms with Crippen molar-refractivity contribution in [2.75, 3.05) is 0 Å². The van der Waals surface area contributed by atoms with Crippen LogP contribution in [0.25, 0.3) is 0 Å². The van der Waals surface area contributed by atoms with Crippen LogP contribution in [0.5, 0.6) is 0 Å². The first-order valence-corrected chi connectivity index (χ1v) is 4.81. The van der Waals surface area contributed by atoms with Crippen LogP contribution in [0, 0.1) is 5.92 Å². The second-order valence-corrected chi connectivity index (χ2v) is 3.51. The van der Waals surface area contributed by atoms with Crippen LogP contribution >= 0.6 is 0 Å². The minimum absolute atomic E-state index is 0.277. The van der Waals surface area contributed by atoms with Crippen LogP contribution in [0.4, 0.5) is 0 Å². The maximum atomic E-state index is 11.4. The molecule has 0 radical (unpaired) electrons. The zero-order chi connectivity index (χ0) is 8.81. The number of aldehydes is 1. The van der Waals surface area contributed by atoms with Crippen LogP contribution in [-0.4, -0.2) is 12.1 Å². The van der Waals surface area contributed by atoms with Crippen LogP contribution in [0.1, 0.15) is 44.9 Å². The molecule has 0 aromatic rings. The summed E-state index contributed by atoms with van der Waals surface area (Å²) in [5.74, 6) is 0.584. The van der Waals surface area contributed by atoms with Crippen molar-refractivity contribution in [1.82, 2.24) is 0 Å². The molecule has 1 aliphatic rings. The summed E-state index contributed by atoms with van der Waals surface area (Å²) in [5.41, 5.74) is 0. The topological polar surface area (TPSA) is 34.1 Å². The number of hydrogen-bond acceptors (Lipinski definition) is 2. The van der Waals surface area contributed by atoms with E-state index in [1.807, 2.05) is 0 Å². The molecule has 0 aliphatic heterocycles. The maximum Gasteiger partial charge on any atom is 0.136 e. The first-order valence-electron chi connectivity index (χ1n) is 4.81. The van der Waals surface area contributed by atoms with Gasteiger partial charge in [-0.3, -0.25) is 4.79 Å². The van der Waals surface area contributed by atoms with Gasteiger partial charge in [-0.25, -0.2) is 0 Å². The predicted molar refractivity (Wildman–Crippen MR) is 46.9 cm³/mol. The Morgan fingerprint density at radius 1 is 1.25 bits per heavy atom. The first kappa shape index (κ1) is 9.43. The minimum atomic E-state index is 0.277. The molecule has 0 unspecified atom stereocenters. The summed E-state index contributed by atoms with van der Waals surface area (Å²) in [6.07, 6.45) is 7.48. The lowest BCUT2D eigenvalue weighted by molar-refractivity contribution is -0.125. The lowest BCUT2D eigenvalue weighted by Gasteiger charge is -2.19. The summed E-state index contributed by atoms with van der Waals surface area (Å²) in [4.78, 5) is 21.4. The summed E-state index contributed by atoms with van der Waals surface area (Å²) in [5, 5.41) is 0. The van der Waals surface area contributed by atoms with Crippen molar-refractivity contribution < 1.29 is 9.59 Å². The highest BCUT2D eigenvalue weighted by Gasteiger charge is 2.19. The van der Waals surface area contributed by atoms with E-state index >= 15 is 0 Å². The Balaban J connectivity index is 2.24. The maximum absolute atomic E-state index is 11.4. The molecule has 12 heavy (non-hydrogen) atoms.